The molecule has 0 aromatic heterocycles. The molecule has 0 saturated carbocycles. The van der Waals surface area contributed by atoms with Crippen LogP contribution in [0.3, 0.4) is 0 Å². The van der Waals surface area contributed by atoms with Gasteiger partial charge in [0.2, 0.25) is 0 Å². The van der Waals surface area contributed by atoms with E-state index < -0.39 is 12.1 Å². The van der Waals surface area contributed by atoms with E-state index in [1.165, 1.54) is 0 Å². The lowest BCUT2D eigenvalue weighted by Crippen LogP contribution is -2.21. The number of benzene rings is 1. The van der Waals surface area contributed by atoms with Crippen molar-refractivity contribution in [1.82, 2.24) is 0 Å². The summed E-state index contributed by atoms with van der Waals surface area (Å²) in [5.74, 6) is -1.93. The number of nitrogens with two attached hydrogens (primary N) is 1. The third-order valence-corrected chi connectivity index (χ3v) is 1.97. The van der Waals surface area contributed by atoms with Crippen LogP contribution >= 0.6 is 0 Å². The summed E-state index contributed by atoms with van der Waals surface area (Å²) in [6, 6.07) is 7.39. The van der Waals surface area contributed by atoms with Crippen molar-refractivity contribution in [2.24, 2.45) is 5.73 Å². The molecule has 1 aromatic rings. The van der Waals surface area contributed by atoms with Gasteiger partial charge in [0.1, 0.15) is 5.75 Å². The SMILES string of the molecule is NCCCOc1ccc(CO)cc1.O=C(O)C(F)(F)F. The number of hydrogen-bond donors (Lipinski definition) is 3. The number of carboxylic acid groups (broad SMARTS) is 1. The standard InChI is InChI=1S/C10H15NO2.C2HF3O2/c11-6-1-7-13-10-4-2-9(8-12)3-5-10;3-2(4,5)1(6)7/h2-5,12H,1,6-8,11H2;(H,6,7). The molecule has 0 unspecified atom stereocenters. The van der Waals surface area contributed by atoms with Gasteiger partial charge >= 0.3 is 12.1 Å². The molecule has 1 aromatic carbocycles. The van der Waals surface area contributed by atoms with Crippen molar-refractivity contribution in [3.63, 3.8) is 0 Å². The lowest BCUT2D eigenvalue weighted by Gasteiger charge is -2.05. The normalized spacial score (nSPS) is 10.4. The molecular formula is C12H16F3NO4. The van der Waals surface area contributed by atoms with Crippen LogP contribution in [0.4, 0.5) is 13.2 Å². The Bertz CT molecular complexity index is 393. The average molecular weight is 295 g/mol. The van der Waals surface area contributed by atoms with E-state index in [1.807, 2.05) is 24.3 Å². The number of halogens is 3. The van der Waals surface area contributed by atoms with Crippen LogP contribution < -0.4 is 10.5 Å². The monoisotopic (exact) mass is 295 g/mol. The van der Waals surface area contributed by atoms with Gasteiger partial charge in [-0.05, 0) is 30.7 Å². The second-order valence-electron chi connectivity index (χ2n) is 3.60. The number of rotatable bonds is 5. The van der Waals surface area contributed by atoms with Crippen molar-refractivity contribution in [3.8, 4) is 5.75 Å². The fourth-order valence-corrected chi connectivity index (χ4v) is 0.964. The van der Waals surface area contributed by atoms with Crippen LogP contribution in [0.15, 0.2) is 24.3 Å². The number of alkyl halides is 3. The summed E-state index contributed by atoms with van der Waals surface area (Å²) in [6.07, 6.45) is -4.22. The Balaban J connectivity index is 0.000000441. The zero-order chi connectivity index (χ0) is 15.6. The third-order valence-electron chi connectivity index (χ3n) is 1.97. The molecule has 114 valence electrons. The first-order valence-electron chi connectivity index (χ1n) is 5.64. The summed E-state index contributed by atoms with van der Waals surface area (Å²) in [6.45, 7) is 1.37. The number of carbonyl (C=O) groups is 1. The highest BCUT2D eigenvalue weighted by molar-refractivity contribution is 5.73. The fraction of sp³-hybridized carbons (Fsp3) is 0.417. The zero-order valence-electron chi connectivity index (χ0n) is 10.6. The lowest BCUT2D eigenvalue weighted by atomic mass is 10.2. The van der Waals surface area contributed by atoms with Gasteiger partial charge in [0.25, 0.3) is 0 Å². The molecule has 0 saturated heterocycles. The number of aliphatic carboxylic acids is 1. The third kappa shape index (κ3) is 8.33. The Morgan fingerprint density at radius 3 is 2.10 bits per heavy atom. The second-order valence-corrected chi connectivity index (χ2v) is 3.60. The van der Waals surface area contributed by atoms with Gasteiger partial charge < -0.3 is 20.7 Å². The van der Waals surface area contributed by atoms with E-state index in [4.69, 9.17) is 25.5 Å². The maximum Gasteiger partial charge on any atom is 0.490 e. The Morgan fingerprint density at radius 1 is 1.25 bits per heavy atom. The number of carboxylic acids is 1. The van der Waals surface area contributed by atoms with Gasteiger partial charge in [-0.3, -0.25) is 0 Å². The maximum atomic E-state index is 10.6. The van der Waals surface area contributed by atoms with E-state index >= 15 is 0 Å². The molecule has 0 heterocycles. The lowest BCUT2D eigenvalue weighted by molar-refractivity contribution is -0.192. The Labute approximate surface area is 113 Å². The van der Waals surface area contributed by atoms with Crippen LogP contribution in [0.1, 0.15) is 12.0 Å². The van der Waals surface area contributed by atoms with Crippen LogP contribution in [0.25, 0.3) is 0 Å². The maximum absolute atomic E-state index is 10.6. The summed E-state index contributed by atoms with van der Waals surface area (Å²) < 4.78 is 37.1. The molecule has 0 amide bonds. The zero-order valence-corrected chi connectivity index (χ0v) is 10.6. The van der Waals surface area contributed by atoms with Crippen molar-refractivity contribution in [2.75, 3.05) is 13.2 Å². The molecule has 0 aliphatic rings. The molecule has 20 heavy (non-hydrogen) atoms. The summed E-state index contributed by atoms with van der Waals surface area (Å²) in [5.41, 5.74) is 6.22. The van der Waals surface area contributed by atoms with Gasteiger partial charge in [-0.15, -0.1) is 0 Å². The molecule has 0 spiro atoms. The number of hydrogen-bond acceptors (Lipinski definition) is 4. The van der Waals surface area contributed by atoms with Crippen molar-refractivity contribution < 1.29 is 32.9 Å². The highest BCUT2D eigenvalue weighted by Gasteiger charge is 2.38. The van der Waals surface area contributed by atoms with E-state index in [1.54, 1.807) is 0 Å². The molecule has 8 heteroatoms. The Kier molecular flexibility index (Phi) is 8.33. The molecule has 0 aliphatic heterocycles. The topological polar surface area (TPSA) is 92.8 Å². The van der Waals surface area contributed by atoms with Crippen LogP contribution in [0.5, 0.6) is 5.75 Å². The smallest absolute Gasteiger partial charge is 0.490 e. The molecule has 0 bridgehead atoms. The van der Waals surface area contributed by atoms with Gasteiger partial charge in [-0.25, -0.2) is 4.79 Å². The molecule has 0 aliphatic carbocycles. The molecular weight excluding hydrogens is 279 g/mol. The summed E-state index contributed by atoms with van der Waals surface area (Å²) in [7, 11) is 0. The van der Waals surface area contributed by atoms with E-state index in [-0.39, 0.29) is 6.61 Å². The van der Waals surface area contributed by atoms with Gasteiger partial charge in [-0.1, -0.05) is 12.1 Å². The minimum absolute atomic E-state index is 0.0725. The quantitative estimate of drug-likeness (QED) is 0.717. The number of aliphatic hydroxyl groups excluding tert-OH is 1. The van der Waals surface area contributed by atoms with Crippen molar-refractivity contribution in [1.29, 1.82) is 0 Å². The first-order chi connectivity index (χ1) is 9.31. The van der Waals surface area contributed by atoms with E-state index in [2.05, 4.69) is 0 Å². The molecule has 0 radical (unpaired) electrons. The fourth-order valence-electron chi connectivity index (χ4n) is 0.964. The first kappa shape index (κ1) is 18.2. The van der Waals surface area contributed by atoms with Gasteiger partial charge in [0.15, 0.2) is 0 Å². The Morgan fingerprint density at radius 2 is 1.75 bits per heavy atom. The highest BCUT2D eigenvalue weighted by atomic mass is 19.4. The Hall–Kier alpha value is -1.80. The molecule has 0 fully saturated rings. The van der Waals surface area contributed by atoms with Crippen molar-refractivity contribution in [3.05, 3.63) is 29.8 Å². The van der Waals surface area contributed by atoms with Crippen molar-refractivity contribution >= 4 is 5.97 Å². The minimum atomic E-state index is -5.08. The van der Waals surface area contributed by atoms with Crippen LogP contribution in [0.2, 0.25) is 0 Å². The number of ether oxygens (including phenoxy) is 1. The molecule has 4 N–H and O–H groups in total. The summed E-state index contributed by atoms with van der Waals surface area (Å²) in [4.78, 5) is 8.90. The van der Waals surface area contributed by atoms with E-state index in [0.29, 0.717) is 13.2 Å². The largest absolute Gasteiger partial charge is 0.494 e. The van der Waals surface area contributed by atoms with Crippen LogP contribution in [0, 0.1) is 0 Å². The summed E-state index contributed by atoms with van der Waals surface area (Å²) >= 11 is 0. The molecule has 0 atom stereocenters. The van der Waals surface area contributed by atoms with Gasteiger partial charge in [0.05, 0.1) is 13.2 Å². The van der Waals surface area contributed by atoms with E-state index in [9.17, 15) is 13.2 Å². The van der Waals surface area contributed by atoms with Crippen LogP contribution in [-0.2, 0) is 11.4 Å². The highest BCUT2D eigenvalue weighted by Crippen LogP contribution is 2.13. The average Bonchev–Trinajstić information content (AvgIpc) is 2.39. The predicted molar refractivity (Wildman–Crippen MR) is 65.2 cm³/mol. The second kappa shape index (κ2) is 9.16. The molecule has 5 nitrogen and oxygen atoms in total. The first-order valence-corrected chi connectivity index (χ1v) is 5.64. The summed E-state index contributed by atoms with van der Waals surface area (Å²) in [5, 5.41) is 15.9. The van der Waals surface area contributed by atoms with Gasteiger partial charge in [0, 0.05) is 0 Å². The predicted octanol–water partition coefficient (Wildman–Crippen LogP) is 1.54. The molecule has 1 rings (SSSR count). The van der Waals surface area contributed by atoms with Crippen molar-refractivity contribution in [2.45, 2.75) is 19.2 Å². The minimum Gasteiger partial charge on any atom is -0.494 e. The van der Waals surface area contributed by atoms with Gasteiger partial charge in [-0.2, -0.15) is 13.2 Å². The van der Waals surface area contributed by atoms with Crippen LogP contribution in [-0.4, -0.2) is 35.5 Å². The van der Waals surface area contributed by atoms with E-state index in [0.717, 1.165) is 17.7 Å². The number of aliphatic hydroxyl groups is 1.